The summed E-state index contributed by atoms with van der Waals surface area (Å²) in [5, 5.41) is 0. The number of esters is 2. The van der Waals surface area contributed by atoms with E-state index in [2.05, 4.69) is 4.74 Å². The molecule has 1 heterocycles. The van der Waals surface area contributed by atoms with Crippen molar-refractivity contribution in [2.75, 3.05) is 20.2 Å². The zero-order valence-corrected chi connectivity index (χ0v) is 16.4. The summed E-state index contributed by atoms with van der Waals surface area (Å²) >= 11 is 0. The summed E-state index contributed by atoms with van der Waals surface area (Å²) in [6.07, 6.45) is 1.24. The Morgan fingerprint density at radius 1 is 1.14 bits per heavy atom. The normalized spacial score (nSPS) is 11.5. The van der Waals surface area contributed by atoms with Gasteiger partial charge in [-0.3, -0.25) is 0 Å². The van der Waals surface area contributed by atoms with Gasteiger partial charge < -0.3 is 13.9 Å². The first-order chi connectivity index (χ1) is 13.3. The number of hydrogen-bond donors (Lipinski definition) is 0. The van der Waals surface area contributed by atoms with Crippen LogP contribution in [0.2, 0.25) is 0 Å². The number of nitrogens with zero attached hydrogens (tertiary/aromatic N) is 1. The molecule has 0 radical (unpaired) electrons. The lowest BCUT2D eigenvalue weighted by molar-refractivity contribution is 0.0432. The molecule has 0 aliphatic rings. The van der Waals surface area contributed by atoms with Gasteiger partial charge in [0, 0.05) is 13.1 Å². The maximum atomic E-state index is 14.1. The predicted octanol–water partition coefficient (Wildman–Crippen LogP) is 2.59. The molecule has 1 aromatic carbocycles. The highest BCUT2D eigenvalue weighted by Gasteiger charge is 2.27. The van der Waals surface area contributed by atoms with Crippen molar-refractivity contribution in [3.8, 4) is 0 Å². The Morgan fingerprint density at radius 2 is 1.82 bits per heavy atom. The second-order valence-electron chi connectivity index (χ2n) is 5.56. The van der Waals surface area contributed by atoms with Crippen LogP contribution in [0.4, 0.5) is 4.39 Å². The minimum absolute atomic E-state index is 0.0679. The summed E-state index contributed by atoms with van der Waals surface area (Å²) in [6.45, 7) is 3.17. The highest BCUT2D eigenvalue weighted by atomic mass is 32.2. The molecule has 0 unspecified atom stereocenters. The zero-order valence-electron chi connectivity index (χ0n) is 15.6. The fourth-order valence-corrected chi connectivity index (χ4v) is 4.04. The minimum Gasteiger partial charge on any atom is -0.465 e. The number of ether oxygens (including phenoxy) is 2. The van der Waals surface area contributed by atoms with E-state index >= 15 is 0 Å². The molecule has 0 bridgehead atoms. The first-order valence-corrected chi connectivity index (χ1v) is 9.81. The average molecular weight is 413 g/mol. The smallest absolute Gasteiger partial charge is 0.341 e. The molecule has 0 aliphatic heterocycles. The Hall–Kier alpha value is -2.72. The van der Waals surface area contributed by atoms with Crippen LogP contribution in [0.15, 0.2) is 39.8 Å². The Balaban J connectivity index is 2.24. The summed E-state index contributed by atoms with van der Waals surface area (Å²) in [6, 6.07) is 4.29. The van der Waals surface area contributed by atoms with Crippen LogP contribution in [0.1, 0.15) is 40.3 Å². The van der Waals surface area contributed by atoms with E-state index in [-0.39, 0.29) is 36.6 Å². The molecule has 1 aromatic heterocycles. The molecule has 2 aromatic rings. The second kappa shape index (κ2) is 8.98. The zero-order chi connectivity index (χ0) is 20.9. The molecule has 8 nitrogen and oxygen atoms in total. The summed E-state index contributed by atoms with van der Waals surface area (Å²) in [5.74, 6) is -2.46. The molecule has 2 rings (SSSR count). The predicted molar refractivity (Wildman–Crippen MR) is 95.7 cm³/mol. The van der Waals surface area contributed by atoms with Crippen LogP contribution < -0.4 is 0 Å². The summed E-state index contributed by atoms with van der Waals surface area (Å²) in [4.78, 5) is 23.3. The van der Waals surface area contributed by atoms with E-state index in [0.717, 1.165) is 22.5 Å². The molecule has 10 heteroatoms. The van der Waals surface area contributed by atoms with E-state index in [4.69, 9.17) is 9.15 Å². The largest absolute Gasteiger partial charge is 0.465 e. The second-order valence-corrected chi connectivity index (χ2v) is 7.47. The average Bonchev–Trinajstić information content (AvgIpc) is 3.15. The Kier molecular flexibility index (Phi) is 6.92. The van der Waals surface area contributed by atoms with Crippen molar-refractivity contribution in [2.24, 2.45) is 0 Å². The molecule has 0 atom stereocenters. The van der Waals surface area contributed by atoms with Gasteiger partial charge in [-0.2, -0.15) is 4.31 Å². The van der Waals surface area contributed by atoms with Crippen molar-refractivity contribution in [1.82, 2.24) is 4.31 Å². The number of benzene rings is 1. The molecular weight excluding hydrogens is 393 g/mol. The Bertz CT molecular complexity index is 964. The highest BCUT2D eigenvalue weighted by Crippen LogP contribution is 2.22. The third kappa shape index (κ3) is 4.39. The van der Waals surface area contributed by atoms with Crippen molar-refractivity contribution < 1.29 is 36.3 Å². The minimum atomic E-state index is -4.10. The van der Waals surface area contributed by atoms with Gasteiger partial charge in [0.05, 0.1) is 18.9 Å². The Morgan fingerprint density at radius 3 is 2.43 bits per heavy atom. The lowest BCUT2D eigenvalue weighted by Gasteiger charge is -2.19. The molecule has 0 N–H and O–H groups in total. The number of carbonyl (C=O) groups excluding carboxylic acids is 2. The number of rotatable bonds is 8. The summed E-state index contributed by atoms with van der Waals surface area (Å²) < 4.78 is 55.0. The first kappa shape index (κ1) is 21.6. The van der Waals surface area contributed by atoms with Gasteiger partial charge in [-0.25, -0.2) is 22.4 Å². The number of furan rings is 1. The van der Waals surface area contributed by atoms with E-state index < -0.39 is 32.7 Å². The van der Waals surface area contributed by atoms with Crippen molar-refractivity contribution >= 4 is 22.0 Å². The molecule has 28 heavy (non-hydrogen) atoms. The van der Waals surface area contributed by atoms with Crippen LogP contribution in [0.3, 0.4) is 0 Å². The van der Waals surface area contributed by atoms with Crippen LogP contribution in [0.5, 0.6) is 0 Å². The molecular formula is C18H20FNO7S. The van der Waals surface area contributed by atoms with Gasteiger partial charge in [-0.1, -0.05) is 13.8 Å². The third-order valence-corrected chi connectivity index (χ3v) is 6.04. The molecule has 152 valence electrons. The standard InChI is InChI=1S/C18H20FNO7S/c1-4-20(5-2)28(23,24)16-10-12(6-7-14(16)19)17(21)27-11-15-13(8-9-26-15)18(22)25-3/h6-10H,4-5,11H2,1-3H3. The number of methoxy groups -OCH3 is 1. The number of halogens is 1. The molecule has 0 saturated heterocycles. The number of sulfonamides is 1. The van der Waals surface area contributed by atoms with Crippen LogP contribution >= 0.6 is 0 Å². The molecule has 0 saturated carbocycles. The monoisotopic (exact) mass is 413 g/mol. The van der Waals surface area contributed by atoms with Gasteiger partial charge in [0.25, 0.3) is 0 Å². The van der Waals surface area contributed by atoms with E-state index in [0.29, 0.717) is 0 Å². The van der Waals surface area contributed by atoms with E-state index in [1.165, 1.54) is 19.4 Å². The van der Waals surface area contributed by atoms with Gasteiger partial charge >= 0.3 is 11.9 Å². The van der Waals surface area contributed by atoms with E-state index in [1.807, 2.05) is 0 Å². The SMILES string of the molecule is CCN(CC)S(=O)(=O)c1cc(C(=O)OCc2occc2C(=O)OC)ccc1F. The highest BCUT2D eigenvalue weighted by molar-refractivity contribution is 7.89. The lowest BCUT2D eigenvalue weighted by Crippen LogP contribution is -2.31. The van der Waals surface area contributed by atoms with E-state index in [9.17, 15) is 22.4 Å². The molecule has 0 fully saturated rings. The number of hydrogen-bond acceptors (Lipinski definition) is 7. The van der Waals surface area contributed by atoms with Gasteiger partial charge in [0.2, 0.25) is 10.0 Å². The van der Waals surface area contributed by atoms with Crippen molar-refractivity contribution in [3.63, 3.8) is 0 Å². The number of carbonyl (C=O) groups is 2. The van der Waals surface area contributed by atoms with Crippen LogP contribution in [-0.2, 0) is 26.1 Å². The lowest BCUT2D eigenvalue weighted by atomic mass is 10.2. The first-order valence-electron chi connectivity index (χ1n) is 8.37. The van der Waals surface area contributed by atoms with Crippen LogP contribution in [-0.4, -0.2) is 44.9 Å². The van der Waals surface area contributed by atoms with Crippen LogP contribution in [0, 0.1) is 5.82 Å². The van der Waals surface area contributed by atoms with Crippen molar-refractivity contribution in [1.29, 1.82) is 0 Å². The molecule has 0 aliphatic carbocycles. The fourth-order valence-electron chi connectivity index (χ4n) is 2.49. The third-order valence-electron chi connectivity index (χ3n) is 3.98. The van der Waals surface area contributed by atoms with Gasteiger partial charge in [-0.05, 0) is 24.3 Å². The van der Waals surface area contributed by atoms with Crippen LogP contribution in [0.25, 0.3) is 0 Å². The molecule has 0 spiro atoms. The van der Waals surface area contributed by atoms with Crippen molar-refractivity contribution in [2.45, 2.75) is 25.3 Å². The van der Waals surface area contributed by atoms with Gasteiger partial charge in [0.1, 0.15) is 16.3 Å². The maximum absolute atomic E-state index is 14.1. The Labute approximate surface area is 161 Å². The van der Waals surface area contributed by atoms with Crippen molar-refractivity contribution in [3.05, 3.63) is 53.2 Å². The summed E-state index contributed by atoms with van der Waals surface area (Å²) in [7, 11) is -2.90. The maximum Gasteiger partial charge on any atom is 0.341 e. The topological polar surface area (TPSA) is 103 Å². The van der Waals surface area contributed by atoms with Gasteiger partial charge in [-0.15, -0.1) is 0 Å². The quantitative estimate of drug-likeness (QED) is 0.613. The van der Waals surface area contributed by atoms with Gasteiger partial charge in [0.15, 0.2) is 12.4 Å². The fraction of sp³-hybridized carbons (Fsp3) is 0.333. The van der Waals surface area contributed by atoms with E-state index in [1.54, 1.807) is 13.8 Å². The molecule has 0 amide bonds. The summed E-state index contributed by atoms with van der Waals surface area (Å²) in [5.41, 5.74) is -0.0579.